The van der Waals surface area contributed by atoms with Crippen LogP contribution in [0.4, 0.5) is 14.5 Å². The number of benzene rings is 3. The first-order valence-corrected chi connectivity index (χ1v) is 17.2. The Balaban J connectivity index is 1.47. The molecule has 10 heteroatoms. The summed E-state index contributed by atoms with van der Waals surface area (Å²) in [5.41, 5.74) is 0.0753. The van der Waals surface area contributed by atoms with E-state index in [-0.39, 0.29) is 10.8 Å². The third-order valence-electron chi connectivity index (χ3n) is 8.24. The largest absolute Gasteiger partial charge is 0.493 e. The van der Waals surface area contributed by atoms with Crippen LogP contribution in [-0.2, 0) is 14.8 Å². The number of hydrogen-bond acceptors (Lipinski definition) is 4. The number of hydrogen-bond donors (Lipinski definition) is 0. The molecule has 1 fully saturated rings. The van der Waals surface area contributed by atoms with Crippen molar-refractivity contribution < 1.29 is 26.7 Å². The van der Waals surface area contributed by atoms with Crippen LogP contribution in [0.5, 0.6) is 5.75 Å². The van der Waals surface area contributed by atoms with Gasteiger partial charge in [0.15, 0.2) is 0 Å². The Morgan fingerprint density at radius 3 is 2.41 bits per heavy atom. The predicted molar refractivity (Wildman–Crippen MR) is 171 cm³/mol. The highest BCUT2D eigenvalue weighted by Gasteiger charge is 2.34. The summed E-state index contributed by atoms with van der Waals surface area (Å²) in [6.07, 6.45) is 8.03. The van der Waals surface area contributed by atoms with Crippen LogP contribution in [0.25, 0.3) is 0 Å². The maximum Gasteiger partial charge on any atom is 0.264 e. The molecule has 1 amide bonds. The molecule has 44 heavy (non-hydrogen) atoms. The minimum absolute atomic E-state index is 0.116. The average Bonchev–Trinajstić information content (AvgIpc) is 3.01. The topological polar surface area (TPSA) is 66.9 Å². The zero-order valence-corrected chi connectivity index (χ0v) is 26.9. The molecule has 1 aliphatic rings. The van der Waals surface area contributed by atoms with Gasteiger partial charge >= 0.3 is 0 Å². The lowest BCUT2D eigenvalue weighted by molar-refractivity contribution is -0.132. The molecular formula is C34H41ClF2N2O4S. The van der Waals surface area contributed by atoms with E-state index >= 15 is 4.39 Å². The standard InChI is InChI=1S/C34H41ClF2N2O4S/c1-3-38(34(40)23-26-11-5-4-6-12-26)21-9-10-22-43-33-14-8-7-13-30(33)25(2)39(32-24-28(36)17-20-31(32)37)44(41,42)29-18-15-27(35)16-19-29/h7-8,13-20,24-26H,3-6,9-12,21-23H2,1-2H3. The molecule has 0 spiro atoms. The zero-order valence-electron chi connectivity index (χ0n) is 25.4. The highest BCUT2D eigenvalue weighted by molar-refractivity contribution is 7.92. The summed E-state index contributed by atoms with van der Waals surface area (Å²) < 4.78 is 64.3. The summed E-state index contributed by atoms with van der Waals surface area (Å²) in [6.45, 7) is 5.27. The van der Waals surface area contributed by atoms with Gasteiger partial charge in [-0.05, 0) is 87.9 Å². The molecule has 1 unspecified atom stereocenters. The highest BCUT2D eigenvalue weighted by Crippen LogP contribution is 2.38. The zero-order chi connectivity index (χ0) is 31.7. The van der Waals surface area contributed by atoms with Gasteiger partial charge in [-0.15, -0.1) is 0 Å². The fourth-order valence-electron chi connectivity index (χ4n) is 5.82. The minimum atomic E-state index is -4.36. The van der Waals surface area contributed by atoms with E-state index in [1.54, 1.807) is 31.2 Å². The lowest BCUT2D eigenvalue weighted by atomic mass is 9.86. The van der Waals surface area contributed by atoms with Gasteiger partial charge in [0.1, 0.15) is 17.4 Å². The van der Waals surface area contributed by atoms with E-state index in [0.717, 1.165) is 41.8 Å². The molecular weight excluding hydrogens is 606 g/mol. The van der Waals surface area contributed by atoms with Gasteiger partial charge in [-0.25, -0.2) is 17.2 Å². The van der Waals surface area contributed by atoms with Crippen LogP contribution in [0.1, 0.15) is 76.8 Å². The highest BCUT2D eigenvalue weighted by atomic mass is 35.5. The Labute approximate surface area is 265 Å². The van der Waals surface area contributed by atoms with Crippen molar-refractivity contribution in [1.29, 1.82) is 0 Å². The number of anilines is 1. The first kappa shape index (κ1) is 33.7. The van der Waals surface area contributed by atoms with Crippen molar-refractivity contribution in [2.75, 3.05) is 24.0 Å². The summed E-state index contributed by atoms with van der Waals surface area (Å²) in [4.78, 5) is 14.7. The van der Waals surface area contributed by atoms with Crippen molar-refractivity contribution in [3.8, 4) is 5.75 Å². The van der Waals surface area contributed by atoms with Crippen LogP contribution in [0.2, 0.25) is 5.02 Å². The Hall–Kier alpha value is -3.17. The van der Waals surface area contributed by atoms with Gasteiger partial charge < -0.3 is 9.64 Å². The second kappa shape index (κ2) is 15.7. The number of amides is 1. The number of unbranched alkanes of at least 4 members (excludes halogenated alkanes) is 1. The maximum atomic E-state index is 15.1. The lowest BCUT2D eigenvalue weighted by Crippen LogP contribution is -2.34. The summed E-state index contributed by atoms with van der Waals surface area (Å²) in [5.74, 6) is -0.503. The molecule has 0 radical (unpaired) electrons. The average molecular weight is 647 g/mol. The van der Waals surface area contributed by atoms with Crippen LogP contribution in [0, 0.1) is 17.6 Å². The van der Waals surface area contributed by atoms with Crippen molar-refractivity contribution in [2.45, 2.75) is 76.2 Å². The first-order chi connectivity index (χ1) is 21.1. The monoisotopic (exact) mass is 646 g/mol. The van der Waals surface area contributed by atoms with Crippen LogP contribution in [-0.4, -0.2) is 38.9 Å². The van der Waals surface area contributed by atoms with Crippen molar-refractivity contribution >= 4 is 33.2 Å². The van der Waals surface area contributed by atoms with E-state index in [1.807, 2.05) is 11.8 Å². The minimum Gasteiger partial charge on any atom is -0.493 e. The number of para-hydroxylation sites is 1. The van der Waals surface area contributed by atoms with E-state index in [9.17, 15) is 17.6 Å². The first-order valence-electron chi connectivity index (χ1n) is 15.4. The number of ether oxygens (including phenoxy) is 1. The lowest BCUT2D eigenvalue weighted by Gasteiger charge is -2.32. The molecule has 1 aliphatic carbocycles. The number of halogens is 3. The molecule has 0 N–H and O–H groups in total. The van der Waals surface area contributed by atoms with Crippen molar-refractivity contribution in [1.82, 2.24) is 4.90 Å². The molecule has 0 bridgehead atoms. The Morgan fingerprint density at radius 1 is 1.00 bits per heavy atom. The SMILES string of the molecule is CCN(CCCCOc1ccccc1C(C)N(c1cc(F)ccc1F)S(=O)(=O)c1ccc(Cl)cc1)C(=O)CC1CCCCC1. The molecule has 238 valence electrons. The third kappa shape index (κ3) is 8.51. The Morgan fingerprint density at radius 2 is 1.70 bits per heavy atom. The number of sulfonamides is 1. The fourth-order valence-corrected chi connectivity index (χ4v) is 7.58. The number of nitrogens with zero attached hydrogens (tertiary/aromatic N) is 2. The molecule has 0 aromatic heterocycles. The summed E-state index contributed by atoms with van der Waals surface area (Å²) >= 11 is 5.98. The summed E-state index contributed by atoms with van der Waals surface area (Å²) in [6, 6.07) is 14.2. The summed E-state index contributed by atoms with van der Waals surface area (Å²) in [5, 5.41) is 0.342. The maximum absolute atomic E-state index is 15.1. The Kier molecular flexibility index (Phi) is 12.0. The van der Waals surface area contributed by atoms with Crippen LogP contribution in [0.3, 0.4) is 0 Å². The smallest absolute Gasteiger partial charge is 0.264 e. The van der Waals surface area contributed by atoms with Gasteiger partial charge in [0.05, 0.1) is 23.2 Å². The van der Waals surface area contributed by atoms with E-state index in [2.05, 4.69) is 0 Å². The fraction of sp³-hybridized carbons (Fsp3) is 0.441. The van der Waals surface area contributed by atoms with Gasteiger partial charge in [0, 0.05) is 36.2 Å². The molecule has 0 aliphatic heterocycles. The second-order valence-electron chi connectivity index (χ2n) is 11.3. The van der Waals surface area contributed by atoms with Gasteiger partial charge in [-0.2, -0.15) is 0 Å². The number of rotatable bonds is 14. The van der Waals surface area contributed by atoms with Gasteiger partial charge in [-0.3, -0.25) is 9.10 Å². The second-order valence-corrected chi connectivity index (χ2v) is 13.6. The molecule has 0 heterocycles. The molecule has 6 nitrogen and oxygen atoms in total. The normalized spacial score (nSPS) is 14.7. The Bertz CT molecular complexity index is 1500. The van der Waals surface area contributed by atoms with Crippen LogP contribution < -0.4 is 9.04 Å². The van der Waals surface area contributed by atoms with Crippen molar-refractivity contribution in [3.05, 3.63) is 89.0 Å². The summed E-state index contributed by atoms with van der Waals surface area (Å²) in [7, 11) is -4.36. The van der Waals surface area contributed by atoms with Crippen LogP contribution >= 0.6 is 11.6 Å². The van der Waals surface area contributed by atoms with E-state index < -0.39 is 33.4 Å². The molecule has 1 saturated carbocycles. The number of carbonyl (C=O) groups is 1. The van der Waals surface area contributed by atoms with Crippen LogP contribution in [0.15, 0.2) is 71.6 Å². The van der Waals surface area contributed by atoms with Gasteiger partial charge in [0.25, 0.3) is 10.0 Å². The third-order valence-corrected chi connectivity index (χ3v) is 10.4. The molecule has 3 aromatic rings. The van der Waals surface area contributed by atoms with Gasteiger partial charge in [-0.1, -0.05) is 49.1 Å². The molecule has 0 saturated heterocycles. The van der Waals surface area contributed by atoms with Gasteiger partial charge in [0.2, 0.25) is 5.91 Å². The number of carbonyl (C=O) groups excluding carboxylic acids is 1. The predicted octanol–water partition coefficient (Wildman–Crippen LogP) is 8.55. The van der Waals surface area contributed by atoms with Crippen molar-refractivity contribution in [2.24, 2.45) is 5.92 Å². The van der Waals surface area contributed by atoms with Crippen molar-refractivity contribution in [3.63, 3.8) is 0 Å². The van der Waals surface area contributed by atoms with E-state index in [0.29, 0.717) is 54.8 Å². The quantitative estimate of drug-likeness (QED) is 0.165. The molecule has 3 aromatic carbocycles. The molecule has 1 atom stereocenters. The van der Waals surface area contributed by atoms with E-state index in [4.69, 9.17) is 16.3 Å². The molecule has 4 rings (SSSR count). The van der Waals surface area contributed by atoms with E-state index in [1.165, 1.54) is 43.5 Å².